The number of ether oxygens (including phenoxy) is 5. The molecule has 0 aromatic rings. The second-order valence-electron chi connectivity index (χ2n) is 5.77. The van der Waals surface area contributed by atoms with Crippen molar-refractivity contribution in [1.82, 2.24) is 0 Å². The van der Waals surface area contributed by atoms with Gasteiger partial charge in [0.2, 0.25) is 6.10 Å². The van der Waals surface area contributed by atoms with Crippen LogP contribution in [0.1, 0.15) is 13.8 Å². The molecule has 0 radical (unpaired) electrons. The van der Waals surface area contributed by atoms with Gasteiger partial charge in [-0.15, -0.1) is 0 Å². The van der Waals surface area contributed by atoms with Crippen LogP contribution in [0.2, 0.25) is 0 Å². The van der Waals surface area contributed by atoms with Gasteiger partial charge >= 0.3 is 17.2 Å². The van der Waals surface area contributed by atoms with E-state index in [1.807, 2.05) is 0 Å². The number of carbonyl (C=O) groups excluding carboxylic acids is 2. The average Bonchev–Trinajstić information content (AvgIpc) is 2.97. The normalized spacial score (nSPS) is 37.7. The van der Waals surface area contributed by atoms with Gasteiger partial charge in [0, 0.05) is 0 Å². The van der Waals surface area contributed by atoms with E-state index in [4.69, 9.17) is 18.9 Å². The Labute approximate surface area is 133 Å². The van der Waals surface area contributed by atoms with Gasteiger partial charge in [-0.1, -0.05) is 0 Å². The third-order valence-corrected chi connectivity index (χ3v) is 4.39. The molecule has 0 aromatic heterocycles. The summed E-state index contributed by atoms with van der Waals surface area (Å²) in [6.45, 7) is 3.13. The number of hydrogen-bond donors (Lipinski definition) is 0. The predicted molar refractivity (Wildman–Crippen MR) is 63.1 cm³/mol. The van der Waals surface area contributed by atoms with Crippen LogP contribution in [0.4, 0.5) is 8.78 Å². The molecule has 3 rings (SSSR count). The lowest BCUT2D eigenvalue weighted by atomic mass is 10.1. The molecule has 0 N–H and O–H groups in total. The smallest absolute Gasteiger partial charge is 0.428 e. The maximum Gasteiger partial charge on any atom is 0.428 e. The summed E-state index contributed by atoms with van der Waals surface area (Å²) < 4.78 is 82.7. The lowest BCUT2D eigenvalue weighted by Gasteiger charge is -2.23. The van der Waals surface area contributed by atoms with E-state index < -0.39 is 63.8 Å². The molecule has 0 aromatic carbocycles. The van der Waals surface area contributed by atoms with Crippen LogP contribution in [-0.2, 0) is 43.4 Å². The molecular formula is C11H11F2O10S-. The number of hydrogen-bond acceptors (Lipinski definition) is 10. The van der Waals surface area contributed by atoms with Crippen LogP contribution in [0, 0.1) is 0 Å². The Bertz CT molecular complexity index is 689. The lowest BCUT2D eigenvalue weighted by molar-refractivity contribution is -0.218. The maximum atomic E-state index is 13.2. The Morgan fingerprint density at radius 1 is 1.25 bits per heavy atom. The van der Waals surface area contributed by atoms with Gasteiger partial charge in [-0.25, -0.2) is 18.0 Å². The Hall–Kier alpha value is -1.41. The van der Waals surface area contributed by atoms with Crippen molar-refractivity contribution in [3.8, 4) is 0 Å². The van der Waals surface area contributed by atoms with Crippen molar-refractivity contribution in [2.24, 2.45) is 0 Å². The van der Waals surface area contributed by atoms with Crippen LogP contribution < -0.4 is 0 Å². The zero-order valence-corrected chi connectivity index (χ0v) is 12.9. The minimum atomic E-state index is -6.31. The highest BCUT2D eigenvalue weighted by Gasteiger charge is 2.65. The number of carbonyl (C=O) groups is 2. The van der Waals surface area contributed by atoms with Gasteiger partial charge < -0.3 is 28.2 Å². The zero-order valence-electron chi connectivity index (χ0n) is 12.1. The fraction of sp³-hybridized carbons (Fsp3) is 0.818. The summed E-state index contributed by atoms with van der Waals surface area (Å²) in [5.74, 6) is -4.96. The SMILES string of the molecule is CC1(C)OC2OC3C(OC(=O)C(F)(F)S(=O)(=O)[O-])C(=O)OC3C2O1. The fourth-order valence-corrected chi connectivity index (χ4v) is 2.87. The predicted octanol–water partition coefficient (Wildman–Crippen LogP) is -1.16. The Kier molecular flexibility index (Phi) is 3.66. The van der Waals surface area contributed by atoms with Crippen molar-refractivity contribution in [2.75, 3.05) is 0 Å². The molecule has 0 saturated carbocycles. The van der Waals surface area contributed by atoms with Gasteiger partial charge in [-0.3, -0.25) is 0 Å². The molecule has 3 fully saturated rings. The van der Waals surface area contributed by atoms with E-state index in [1.54, 1.807) is 13.8 Å². The van der Waals surface area contributed by atoms with Crippen LogP contribution in [-0.4, -0.2) is 66.7 Å². The Balaban J connectivity index is 1.75. The molecule has 3 saturated heterocycles. The third kappa shape index (κ3) is 2.56. The minimum absolute atomic E-state index is 0.874. The lowest BCUT2D eigenvalue weighted by Crippen LogP contribution is -2.45. The standard InChI is InChI=1S/C11H12F2O10S/c1-10(2)22-6-4-3(20-8(6)23-10)5(7(14)19-4)21-9(15)11(12,13)24(16,17)18/h3-6,8H,1-2H3,(H,16,17,18)/p-1. The number of esters is 2. The van der Waals surface area contributed by atoms with Gasteiger partial charge in [0.25, 0.3) is 0 Å². The molecule has 136 valence electrons. The first-order valence-electron chi connectivity index (χ1n) is 6.59. The second-order valence-corrected chi connectivity index (χ2v) is 7.19. The summed E-state index contributed by atoms with van der Waals surface area (Å²) in [4.78, 5) is 23.0. The second kappa shape index (κ2) is 5.05. The van der Waals surface area contributed by atoms with Crippen LogP contribution in [0.25, 0.3) is 0 Å². The highest BCUT2D eigenvalue weighted by Crippen LogP contribution is 2.43. The maximum absolute atomic E-state index is 13.2. The summed E-state index contributed by atoms with van der Waals surface area (Å²) in [6, 6.07) is 0. The van der Waals surface area contributed by atoms with Crippen LogP contribution in [0.3, 0.4) is 0 Å². The molecule has 24 heavy (non-hydrogen) atoms. The van der Waals surface area contributed by atoms with E-state index in [1.165, 1.54) is 0 Å². The third-order valence-electron chi connectivity index (χ3n) is 3.60. The molecule has 3 aliphatic rings. The molecule has 3 heterocycles. The molecular weight excluding hydrogens is 362 g/mol. The van der Waals surface area contributed by atoms with E-state index in [0.717, 1.165) is 0 Å². The molecule has 0 bridgehead atoms. The first kappa shape index (κ1) is 17.4. The molecule has 3 aliphatic heterocycles. The van der Waals surface area contributed by atoms with E-state index in [-0.39, 0.29) is 0 Å². The van der Waals surface area contributed by atoms with Gasteiger partial charge in [0.1, 0.15) is 6.10 Å². The summed E-state index contributed by atoms with van der Waals surface area (Å²) in [7, 11) is -6.31. The van der Waals surface area contributed by atoms with Gasteiger partial charge in [-0.2, -0.15) is 8.78 Å². The number of rotatable bonds is 3. The average molecular weight is 373 g/mol. The van der Waals surface area contributed by atoms with E-state index in [2.05, 4.69) is 4.74 Å². The van der Waals surface area contributed by atoms with Crippen molar-refractivity contribution in [2.45, 2.75) is 55.6 Å². The van der Waals surface area contributed by atoms with Crippen LogP contribution in [0.5, 0.6) is 0 Å². The van der Waals surface area contributed by atoms with Gasteiger partial charge in [-0.05, 0) is 13.8 Å². The van der Waals surface area contributed by atoms with E-state index >= 15 is 0 Å². The highest BCUT2D eigenvalue weighted by molar-refractivity contribution is 7.87. The molecule has 5 atom stereocenters. The van der Waals surface area contributed by atoms with Crippen LogP contribution in [0.15, 0.2) is 0 Å². The first-order chi connectivity index (χ1) is 10.8. The van der Waals surface area contributed by atoms with Crippen molar-refractivity contribution >= 4 is 22.1 Å². The fourth-order valence-electron chi connectivity index (χ4n) is 2.62. The van der Waals surface area contributed by atoms with Crippen LogP contribution >= 0.6 is 0 Å². The monoisotopic (exact) mass is 373 g/mol. The summed E-state index contributed by atoms with van der Waals surface area (Å²) in [5, 5.41) is -5.35. The number of halogens is 2. The zero-order chi connectivity index (χ0) is 18.1. The largest absolute Gasteiger partial charge is 0.743 e. The quantitative estimate of drug-likeness (QED) is 0.440. The Morgan fingerprint density at radius 2 is 1.88 bits per heavy atom. The van der Waals surface area contributed by atoms with Crippen molar-refractivity contribution in [3.63, 3.8) is 0 Å². The van der Waals surface area contributed by atoms with E-state index in [0.29, 0.717) is 0 Å². The topological polar surface area (TPSA) is 137 Å². The van der Waals surface area contributed by atoms with E-state index in [9.17, 15) is 31.3 Å². The summed E-state index contributed by atoms with van der Waals surface area (Å²) in [6.07, 6.45) is -6.28. The van der Waals surface area contributed by atoms with Gasteiger partial charge in [0.15, 0.2) is 34.4 Å². The van der Waals surface area contributed by atoms with Crippen molar-refractivity contribution in [1.29, 1.82) is 0 Å². The van der Waals surface area contributed by atoms with Gasteiger partial charge in [0.05, 0.1) is 0 Å². The highest BCUT2D eigenvalue weighted by atomic mass is 32.2. The first-order valence-corrected chi connectivity index (χ1v) is 8.00. The molecule has 13 heteroatoms. The summed E-state index contributed by atoms with van der Waals surface area (Å²) >= 11 is 0. The molecule has 10 nitrogen and oxygen atoms in total. The Morgan fingerprint density at radius 3 is 2.46 bits per heavy atom. The minimum Gasteiger partial charge on any atom is -0.743 e. The number of alkyl halides is 2. The molecule has 0 spiro atoms. The number of fused-ring (bicyclic) bond motifs is 3. The molecule has 5 unspecified atom stereocenters. The van der Waals surface area contributed by atoms with Crippen molar-refractivity contribution < 1.29 is 55.0 Å². The summed E-state index contributed by atoms with van der Waals surface area (Å²) in [5.41, 5.74) is 0. The molecule has 0 aliphatic carbocycles. The molecule has 0 amide bonds. The van der Waals surface area contributed by atoms with Crippen molar-refractivity contribution in [3.05, 3.63) is 0 Å².